The third-order valence-corrected chi connectivity index (χ3v) is 1.03. The standard InChI is InChI=1S/C6H12.C3H8O3/c1-5-6(2,3)4;4-1-3(6)2-5/h5H,1H2,2-4H3;3-6H,1-2H2. The van der Waals surface area contributed by atoms with Crippen molar-refractivity contribution < 1.29 is 15.3 Å². The molecule has 3 heteroatoms. The topological polar surface area (TPSA) is 60.7 Å². The molecular formula is C9H20O3. The summed E-state index contributed by atoms with van der Waals surface area (Å²) in [5.74, 6) is 0. The number of allylic oxidation sites excluding steroid dienone is 1. The molecular weight excluding hydrogens is 156 g/mol. The second-order valence-electron chi connectivity index (χ2n) is 3.59. The highest BCUT2D eigenvalue weighted by Gasteiger charge is 1.99. The molecule has 0 fully saturated rings. The lowest BCUT2D eigenvalue weighted by molar-refractivity contribution is 0.0450. The summed E-state index contributed by atoms with van der Waals surface area (Å²) in [6, 6.07) is 0. The molecule has 0 unspecified atom stereocenters. The first-order valence-electron chi connectivity index (χ1n) is 3.90. The van der Waals surface area contributed by atoms with Crippen molar-refractivity contribution in [2.24, 2.45) is 5.41 Å². The van der Waals surface area contributed by atoms with Gasteiger partial charge in [0, 0.05) is 0 Å². The summed E-state index contributed by atoms with van der Waals surface area (Å²) in [5.41, 5.74) is 0.306. The molecule has 3 N–H and O–H groups in total. The molecule has 74 valence electrons. The van der Waals surface area contributed by atoms with Gasteiger partial charge in [0.1, 0.15) is 6.10 Å². The van der Waals surface area contributed by atoms with E-state index in [1.54, 1.807) is 0 Å². The minimum absolute atomic E-state index is 0.306. The third-order valence-electron chi connectivity index (χ3n) is 1.03. The first kappa shape index (κ1) is 14.2. The van der Waals surface area contributed by atoms with Crippen LogP contribution in [0.25, 0.3) is 0 Å². The Hall–Kier alpha value is -0.380. The highest BCUT2D eigenvalue weighted by atomic mass is 16.3. The molecule has 0 aromatic rings. The largest absolute Gasteiger partial charge is 0.394 e. The Bertz CT molecular complexity index is 101. The number of aliphatic hydroxyl groups excluding tert-OH is 3. The maximum atomic E-state index is 8.17. The molecule has 0 rings (SSSR count). The average Bonchev–Trinajstić information content (AvgIpc) is 2.03. The van der Waals surface area contributed by atoms with E-state index in [4.69, 9.17) is 15.3 Å². The number of rotatable bonds is 2. The van der Waals surface area contributed by atoms with Crippen molar-refractivity contribution in [2.75, 3.05) is 13.2 Å². The van der Waals surface area contributed by atoms with Crippen LogP contribution in [0.5, 0.6) is 0 Å². The zero-order valence-electron chi connectivity index (χ0n) is 8.12. The number of hydrogen-bond donors (Lipinski definition) is 3. The molecule has 0 aliphatic rings. The SMILES string of the molecule is C=CC(C)(C)C.OCC(O)CO. The van der Waals surface area contributed by atoms with Crippen LogP contribution in [-0.2, 0) is 0 Å². The summed E-state index contributed by atoms with van der Waals surface area (Å²) < 4.78 is 0. The monoisotopic (exact) mass is 176 g/mol. The van der Waals surface area contributed by atoms with Gasteiger partial charge in [-0.15, -0.1) is 6.58 Å². The Kier molecular flexibility index (Phi) is 8.59. The zero-order valence-corrected chi connectivity index (χ0v) is 8.12. The van der Waals surface area contributed by atoms with E-state index in [2.05, 4.69) is 27.4 Å². The Morgan fingerprint density at radius 2 is 1.50 bits per heavy atom. The summed E-state index contributed by atoms with van der Waals surface area (Å²) in [5, 5.41) is 24.0. The van der Waals surface area contributed by atoms with Crippen LogP contribution in [0.3, 0.4) is 0 Å². The molecule has 0 spiro atoms. The van der Waals surface area contributed by atoms with Gasteiger partial charge < -0.3 is 15.3 Å². The van der Waals surface area contributed by atoms with Gasteiger partial charge >= 0.3 is 0 Å². The van der Waals surface area contributed by atoms with Crippen molar-refractivity contribution in [2.45, 2.75) is 26.9 Å². The highest BCUT2D eigenvalue weighted by Crippen LogP contribution is 2.11. The molecule has 12 heavy (non-hydrogen) atoms. The molecule has 0 heterocycles. The van der Waals surface area contributed by atoms with Crippen molar-refractivity contribution >= 4 is 0 Å². The maximum Gasteiger partial charge on any atom is 0.100 e. The Labute approximate surface area is 74.4 Å². The lowest BCUT2D eigenvalue weighted by atomic mass is 9.98. The van der Waals surface area contributed by atoms with Crippen LogP contribution in [0.2, 0.25) is 0 Å². The van der Waals surface area contributed by atoms with E-state index in [1.807, 2.05) is 6.08 Å². The minimum Gasteiger partial charge on any atom is -0.394 e. The summed E-state index contributed by atoms with van der Waals surface area (Å²) in [6.45, 7) is 9.28. The quantitative estimate of drug-likeness (QED) is 0.538. The predicted octanol–water partition coefficient (Wildman–Crippen LogP) is 0.550. The van der Waals surface area contributed by atoms with Crippen LogP contribution in [-0.4, -0.2) is 34.6 Å². The van der Waals surface area contributed by atoms with E-state index in [-0.39, 0.29) is 13.2 Å². The fourth-order valence-corrected chi connectivity index (χ4v) is 0.0577. The van der Waals surface area contributed by atoms with Crippen LogP contribution in [0.4, 0.5) is 0 Å². The van der Waals surface area contributed by atoms with E-state index < -0.39 is 6.10 Å². The average molecular weight is 176 g/mol. The lowest BCUT2D eigenvalue weighted by Gasteiger charge is -2.08. The second-order valence-corrected chi connectivity index (χ2v) is 3.59. The molecule has 0 aromatic carbocycles. The molecule has 0 aliphatic carbocycles. The fraction of sp³-hybridized carbons (Fsp3) is 0.778. The first-order chi connectivity index (χ1) is 5.37. The molecule has 0 bridgehead atoms. The number of hydrogen-bond acceptors (Lipinski definition) is 3. The second kappa shape index (κ2) is 7.28. The van der Waals surface area contributed by atoms with Gasteiger partial charge in [0.05, 0.1) is 13.2 Å². The Morgan fingerprint density at radius 3 is 1.50 bits per heavy atom. The zero-order chi connectivity index (χ0) is 10.2. The van der Waals surface area contributed by atoms with Crippen molar-refractivity contribution in [1.29, 1.82) is 0 Å². The van der Waals surface area contributed by atoms with Crippen molar-refractivity contribution in [3.63, 3.8) is 0 Å². The van der Waals surface area contributed by atoms with Gasteiger partial charge in [0.25, 0.3) is 0 Å². The number of aliphatic hydroxyl groups is 3. The summed E-state index contributed by atoms with van der Waals surface area (Å²) >= 11 is 0. The molecule has 0 atom stereocenters. The summed E-state index contributed by atoms with van der Waals surface area (Å²) in [7, 11) is 0. The maximum absolute atomic E-state index is 8.17. The van der Waals surface area contributed by atoms with E-state index in [0.717, 1.165) is 0 Å². The van der Waals surface area contributed by atoms with Gasteiger partial charge in [-0.1, -0.05) is 26.8 Å². The van der Waals surface area contributed by atoms with E-state index in [0.29, 0.717) is 5.41 Å². The van der Waals surface area contributed by atoms with E-state index in [9.17, 15) is 0 Å². The van der Waals surface area contributed by atoms with Gasteiger partial charge in [0.2, 0.25) is 0 Å². The smallest absolute Gasteiger partial charge is 0.100 e. The van der Waals surface area contributed by atoms with Crippen molar-refractivity contribution in [3.05, 3.63) is 12.7 Å². The Balaban J connectivity index is 0. The molecule has 0 radical (unpaired) electrons. The third kappa shape index (κ3) is 16.3. The molecule has 0 aliphatic heterocycles. The summed E-state index contributed by atoms with van der Waals surface area (Å²) in [6.07, 6.45) is 0.984. The fourth-order valence-electron chi connectivity index (χ4n) is 0.0577. The Morgan fingerprint density at radius 1 is 1.25 bits per heavy atom. The highest BCUT2D eigenvalue weighted by molar-refractivity contribution is 4.82. The normalized spacial score (nSPS) is 10.6. The molecule has 0 saturated heterocycles. The van der Waals surface area contributed by atoms with Gasteiger partial charge in [-0.3, -0.25) is 0 Å². The lowest BCUT2D eigenvalue weighted by Crippen LogP contribution is -2.15. The van der Waals surface area contributed by atoms with Gasteiger partial charge in [-0.2, -0.15) is 0 Å². The minimum atomic E-state index is -0.954. The van der Waals surface area contributed by atoms with Gasteiger partial charge in [-0.05, 0) is 5.41 Å². The van der Waals surface area contributed by atoms with Crippen LogP contribution in [0.1, 0.15) is 20.8 Å². The van der Waals surface area contributed by atoms with E-state index >= 15 is 0 Å². The first-order valence-corrected chi connectivity index (χ1v) is 3.90. The van der Waals surface area contributed by atoms with Crippen molar-refractivity contribution in [3.8, 4) is 0 Å². The summed E-state index contributed by atoms with van der Waals surface area (Å²) in [4.78, 5) is 0. The van der Waals surface area contributed by atoms with Gasteiger partial charge in [0.15, 0.2) is 0 Å². The van der Waals surface area contributed by atoms with Gasteiger partial charge in [-0.25, -0.2) is 0 Å². The van der Waals surface area contributed by atoms with Crippen molar-refractivity contribution in [1.82, 2.24) is 0 Å². The van der Waals surface area contributed by atoms with Crippen LogP contribution < -0.4 is 0 Å². The van der Waals surface area contributed by atoms with Crippen LogP contribution in [0.15, 0.2) is 12.7 Å². The van der Waals surface area contributed by atoms with E-state index in [1.165, 1.54) is 0 Å². The molecule has 0 aromatic heterocycles. The predicted molar refractivity (Wildman–Crippen MR) is 49.8 cm³/mol. The van der Waals surface area contributed by atoms with Crippen LogP contribution in [0, 0.1) is 5.41 Å². The molecule has 0 saturated carbocycles. The molecule has 0 amide bonds. The molecule has 3 nitrogen and oxygen atoms in total. The van der Waals surface area contributed by atoms with Crippen LogP contribution >= 0.6 is 0 Å².